The third kappa shape index (κ3) is 4.09. The summed E-state index contributed by atoms with van der Waals surface area (Å²) in [7, 11) is -3.04. The van der Waals surface area contributed by atoms with Gasteiger partial charge in [0, 0.05) is 18.6 Å². The number of hydrogen-bond donors (Lipinski definition) is 2. The largest absolute Gasteiger partial charge is 0.481 e. The lowest BCUT2D eigenvalue weighted by molar-refractivity contribution is -0.142. The molecule has 0 aromatic heterocycles. The fourth-order valence-electron chi connectivity index (χ4n) is 3.04. The molecule has 0 radical (unpaired) electrons. The monoisotopic (exact) mass is 318 g/mol. The molecular weight excluding hydrogens is 296 g/mol. The van der Waals surface area contributed by atoms with Crippen LogP contribution in [0.5, 0.6) is 0 Å². The Balaban J connectivity index is 1.84. The van der Waals surface area contributed by atoms with E-state index in [4.69, 9.17) is 5.11 Å². The molecule has 21 heavy (non-hydrogen) atoms. The molecule has 8 heteroatoms. The highest BCUT2D eigenvalue weighted by Gasteiger charge is 2.33. The van der Waals surface area contributed by atoms with Gasteiger partial charge in [-0.1, -0.05) is 0 Å². The van der Waals surface area contributed by atoms with E-state index in [9.17, 15) is 18.0 Å². The van der Waals surface area contributed by atoms with E-state index in [2.05, 4.69) is 5.32 Å². The molecule has 0 bridgehead atoms. The van der Waals surface area contributed by atoms with E-state index < -0.39 is 15.8 Å². The van der Waals surface area contributed by atoms with Crippen LogP contribution in [-0.2, 0) is 14.6 Å². The Morgan fingerprint density at radius 1 is 1.19 bits per heavy atom. The maximum absolute atomic E-state index is 12.2. The fourth-order valence-corrected chi connectivity index (χ4v) is 4.60. The second kappa shape index (κ2) is 6.21. The molecule has 0 aromatic carbocycles. The van der Waals surface area contributed by atoms with Crippen LogP contribution >= 0.6 is 0 Å². The van der Waals surface area contributed by atoms with Crippen molar-refractivity contribution in [3.63, 3.8) is 0 Å². The first-order valence-corrected chi connectivity index (χ1v) is 9.11. The zero-order valence-corrected chi connectivity index (χ0v) is 12.9. The van der Waals surface area contributed by atoms with E-state index in [1.54, 1.807) is 11.8 Å². The maximum atomic E-state index is 12.2. The third-order valence-electron chi connectivity index (χ3n) is 4.34. The number of amides is 2. The van der Waals surface area contributed by atoms with Crippen LogP contribution in [0.3, 0.4) is 0 Å². The van der Waals surface area contributed by atoms with Gasteiger partial charge >= 0.3 is 12.0 Å². The molecule has 2 rings (SSSR count). The van der Waals surface area contributed by atoms with Crippen molar-refractivity contribution in [1.82, 2.24) is 10.2 Å². The average Bonchev–Trinajstić information content (AvgIpc) is 2.37. The van der Waals surface area contributed by atoms with Crippen molar-refractivity contribution in [2.45, 2.75) is 44.7 Å². The summed E-state index contributed by atoms with van der Waals surface area (Å²) < 4.78 is 23.0. The molecule has 1 unspecified atom stereocenters. The van der Waals surface area contributed by atoms with E-state index in [-0.39, 0.29) is 42.1 Å². The summed E-state index contributed by atoms with van der Waals surface area (Å²) in [6.07, 6.45) is 2.46. The van der Waals surface area contributed by atoms with Crippen molar-refractivity contribution < 1.29 is 23.1 Å². The summed E-state index contributed by atoms with van der Waals surface area (Å²) >= 11 is 0. The van der Waals surface area contributed by atoms with Gasteiger partial charge in [0.2, 0.25) is 0 Å². The van der Waals surface area contributed by atoms with Crippen LogP contribution in [0.2, 0.25) is 0 Å². The number of carboxylic acid groups (broad SMARTS) is 1. The Labute approximate surface area is 124 Å². The molecule has 2 fully saturated rings. The Hall–Kier alpha value is -1.31. The standard InChI is InChI=1S/C13H22N2O5S/c1-9-8-21(19,20)7-6-15(9)13(18)14-11-4-2-10(3-5-11)12(16)17/h9-11H,2-8H2,1H3,(H,14,18)(H,16,17). The van der Waals surface area contributed by atoms with Crippen LogP contribution in [-0.4, -0.2) is 60.6 Å². The van der Waals surface area contributed by atoms with E-state index in [0.29, 0.717) is 25.7 Å². The number of rotatable bonds is 2. The molecule has 0 spiro atoms. The number of urea groups is 1. The van der Waals surface area contributed by atoms with Crippen molar-refractivity contribution >= 4 is 21.8 Å². The molecule has 1 aliphatic carbocycles. The number of carbonyl (C=O) groups is 2. The highest BCUT2D eigenvalue weighted by Crippen LogP contribution is 2.24. The molecule has 2 N–H and O–H groups in total. The Morgan fingerprint density at radius 3 is 2.33 bits per heavy atom. The van der Waals surface area contributed by atoms with Crippen LogP contribution in [0.15, 0.2) is 0 Å². The summed E-state index contributed by atoms with van der Waals surface area (Å²) in [5.74, 6) is -1.06. The fraction of sp³-hybridized carbons (Fsp3) is 0.846. The highest BCUT2D eigenvalue weighted by atomic mass is 32.2. The van der Waals surface area contributed by atoms with Crippen molar-refractivity contribution in [2.24, 2.45) is 5.92 Å². The summed E-state index contributed by atoms with van der Waals surface area (Å²) in [4.78, 5) is 24.6. The lowest BCUT2D eigenvalue weighted by Crippen LogP contribution is -2.55. The second-order valence-electron chi connectivity index (χ2n) is 5.99. The summed E-state index contributed by atoms with van der Waals surface area (Å²) in [6.45, 7) is 1.96. The van der Waals surface area contributed by atoms with E-state index in [1.165, 1.54) is 0 Å². The molecule has 1 saturated heterocycles. The van der Waals surface area contributed by atoms with Gasteiger partial charge < -0.3 is 15.3 Å². The number of nitrogens with one attached hydrogen (secondary N) is 1. The van der Waals surface area contributed by atoms with Crippen LogP contribution in [0.4, 0.5) is 4.79 Å². The third-order valence-corrected chi connectivity index (χ3v) is 6.13. The zero-order chi connectivity index (χ0) is 15.6. The minimum atomic E-state index is -3.04. The molecule has 1 aliphatic heterocycles. The predicted molar refractivity (Wildman–Crippen MR) is 76.7 cm³/mol. The molecule has 1 heterocycles. The molecule has 0 aromatic rings. The number of nitrogens with zero attached hydrogens (tertiary/aromatic N) is 1. The summed E-state index contributed by atoms with van der Waals surface area (Å²) in [5, 5.41) is 11.8. The first-order valence-electron chi connectivity index (χ1n) is 7.29. The molecule has 2 amide bonds. The van der Waals surface area contributed by atoms with Crippen LogP contribution in [0, 0.1) is 5.92 Å². The van der Waals surface area contributed by atoms with Gasteiger partial charge in [0.25, 0.3) is 0 Å². The van der Waals surface area contributed by atoms with Crippen molar-refractivity contribution in [3.8, 4) is 0 Å². The Bertz CT molecular complexity index is 511. The molecule has 1 atom stereocenters. The smallest absolute Gasteiger partial charge is 0.317 e. The van der Waals surface area contributed by atoms with Gasteiger partial charge in [-0.05, 0) is 32.6 Å². The summed E-state index contributed by atoms with van der Waals surface area (Å²) in [6, 6.07) is -0.575. The van der Waals surface area contributed by atoms with Crippen LogP contribution in [0.25, 0.3) is 0 Å². The molecular formula is C13H22N2O5S. The predicted octanol–water partition coefficient (Wildman–Crippen LogP) is 0.458. The van der Waals surface area contributed by atoms with Gasteiger partial charge in [0.1, 0.15) is 0 Å². The van der Waals surface area contributed by atoms with Crippen LogP contribution < -0.4 is 5.32 Å². The number of carboxylic acids is 1. The maximum Gasteiger partial charge on any atom is 0.317 e. The van der Waals surface area contributed by atoms with Crippen molar-refractivity contribution in [2.75, 3.05) is 18.1 Å². The summed E-state index contributed by atoms with van der Waals surface area (Å²) in [5.41, 5.74) is 0. The Kier molecular flexibility index (Phi) is 4.75. The van der Waals surface area contributed by atoms with Crippen molar-refractivity contribution in [3.05, 3.63) is 0 Å². The van der Waals surface area contributed by atoms with Gasteiger partial charge in [0.05, 0.1) is 17.4 Å². The number of aliphatic carboxylic acids is 1. The molecule has 2 aliphatic rings. The van der Waals surface area contributed by atoms with E-state index in [1.807, 2.05) is 0 Å². The first kappa shape index (κ1) is 16.1. The SMILES string of the molecule is CC1CS(=O)(=O)CCN1C(=O)NC1CCC(C(=O)O)CC1. The topological polar surface area (TPSA) is 104 Å². The van der Waals surface area contributed by atoms with Gasteiger partial charge in [-0.25, -0.2) is 13.2 Å². The molecule has 7 nitrogen and oxygen atoms in total. The van der Waals surface area contributed by atoms with E-state index >= 15 is 0 Å². The normalized spacial score (nSPS) is 32.4. The molecule has 120 valence electrons. The van der Waals surface area contributed by atoms with Gasteiger partial charge in [-0.3, -0.25) is 4.79 Å². The molecule has 1 saturated carbocycles. The number of hydrogen-bond acceptors (Lipinski definition) is 4. The minimum Gasteiger partial charge on any atom is -0.481 e. The van der Waals surface area contributed by atoms with Crippen LogP contribution in [0.1, 0.15) is 32.6 Å². The first-order chi connectivity index (χ1) is 9.78. The Morgan fingerprint density at radius 2 is 1.81 bits per heavy atom. The number of sulfone groups is 1. The average molecular weight is 318 g/mol. The second-order valence-corrected chi connectivity index (χ2v) is 8.22. The number of carbonyl (C=O) groups excluding carboxylic acids is 1. The van der Waals surface area contributed by atoms with Gasteiger partial charge in [0.15, 0.2) is 9.84 Å². The quantitative estimate of drug-likeness (QED) is 0.770. The van der Waals surface area contributed by atoms with E-state index in [0.717, 1.165) is 0 Å². The minimum absolute atomic E-state index is 0.00613. The van der Waals surface area contributed by atoms with Gasteiger partial charge in [-0.2, -0.15) is 0 Å². The lowest BCUT2D eigenvalue weighted by Gasteiger charge is -2.35. The zero-order valence-electron chi connectivity index (χ0n) is 12.1. The highest BCUT2D eigenvalue weighted by molar-refractivity contribution is 7.91. The van der Waals surface area contributed by atoms with Crippen molar-refractivity contribution in [1.29, 1.82) is 0 Å². The lowest BCUT2D eigenvalue weighted by atomic mass is 9.86. The van der Waals surface area contributed by atoms with Gasteiger partial charge in [-0.15, -0.1) is 0 Å².